The van der Waals surface area contributed by atoms with Crippen molar-refractivity contribution < 1.29 is 14.3 Å². The number of anilines is 2. The Balaban J connectivity index is 1.40. The van der Waals surface area contributed by atoms with Gasteiger partial charge in [0.15, 0.2) is 0 Å². The molecule has 148 valence electrons. The first-order chi connectivity index (χ1) is 14.2. The number of methoxy groups -OCH3 is 2. The van der Waals surface area contributed by atoms with E-state index in [4.69, 9.17) is 9.47 Å². The van der Waals surface area contributed by atoms with E-state index in [2.05, 4.69) is 20.2 Å². The van der Waals surface area contributed by atoms with Gasteiger partial charge in [-0.15, -0.1) is 0 Å². The summed E-state index contributed by atoms with van der Waals surface area (Å²) in [5.41, 5.74) is 2.54. The van der Waals surface area contributed by atoms with E-state index in [0.717, 1.165) is 17.1 Å². The lowest BCUT2D eigenvalue weighted by molar-refractivity contribution is -0.120. The number of nitrogens with one attached hydrogen (secondary N) is 1. The van der Waals surface area contributed by atoms with Crippen LogP contribution in [-0.4, -0.2) is 43.2 Å². The van der Waals surface area contributed by atoms with Gasteiger partial charge in [0.1, 0.15) is 23.6 Å². The number of benzene rings is 2. The summed E-state index contributed by atoms with van der Waals surface area (Å²) in [5, 5.41) is 2.95. The summed E-state index contributed by atoms with van der Waals surface area (Å²) >= 11 is 0. The molecule has 7 heteroatoms. The molecule has 1 aliphatic heterocycles. The summed E-state index contributed by atoms with van der Waals surface area (Å²) < 4.78 is 10.5. The second-order valence-electron chi connectivity index (χ2n) is 6.78. The summed E-state index contributed by atoms with van der Waals surface area (Å²) in [4.78, 5) is 23.4. The number of amides is 1. The Hall–Kier alpha value is -3.61. The van der Waals surface area contributed by atoms with E-state index >= 15 is 0 Å². The molecule has 0 radical (unpaired) electrons. The molecule has 0 bridgehead atoms. The number of carbonyl (C=O) groups is 1. The van der Waals surface area contributed by atoms with Gasteiger partial charge < -0.3 is 19.7 Å². The zero-order valence-corrected chi connectivity index (χ0v) is 16.3. The molecule has 3 aromatic rings. The van der Waals surface area contributed by atoms with Gasteiger partial charge in [-0.2, -0.15) is 0 Å². The monoisotopic (exact) mass is 390 g/mol. The molecule has 7 nitrogen and oxygen atoms in total. The average Bonchev–Trinajstić information content (AvgIpc) is 2.74. The van der Waals surface area contributed by atoms with Crippen molar-refractivity contribution in [2.75, 3.05) is 37.5 Å². The lowest BCUT2D eigenvalue weighted by Gasteiger charge is -2.39. The molecular weight excluding hydrogens is 368 g/mol. The van der Waals surface area contributed by atoms with Crippen LogP contribution in [0.1, 0.15) is 0 Å². The average molecular weight is 390 g/mol. The van der Waals surface area contributed by atoms with Crippen LogP contribution in [0.2, 0.25) is 0 Å². The fourth-order valence-electron chi connectivity index (χ4n) is 3.25. The van der Waals surface area contributed by atoms with Crippen LogP contribution in [0.15, 0.2) is 60.9 Å². The lowest BCUT2D eigenvalue weighted by atomic mass is 9.98. The Morgan fingerprint density at radius 2 is 1.83 bits per heavy atom. The minimum atomic E-state index is -0.114. The van der Waals surface area contributed by atoms with Gasteiger partial charge in [0.2, 0.25) is 5.91 Å². The van der Waals surface area contributed by atoms with Crippen LogP contribution >= 0.6 is 0 Å². The Kier molecular flexibility index (Phi) is 5.29. The van der Waals surface area contributed by atoms with Crippen LogP contribution in [0.4, 0.5) is 11.5 Å². The third kappa shape index (κ3) is 3.99. The summed E-state index contributed by atoms with van der Waals surface area (Å²) in [7, 11) is 3.15. The van der Waals surface area contributed by atoms with Crippen molar-refractivity contribution >= 4 is 17.4 Å². The predicted molar refractivity (Wildman–Crippen MR) is 111 cm³/mol. The van der Waals surface area contributed by atoms with Gasteiger partial charge in [-0.1, -0.05) is 30.3 Å². The molecule has 1 aliphatic rings. The lowest BCUT2D eigenvalue weighted by Crippen LogP contribution is -2.52. The normalized spacial score (nSPS) is 13.5. The van der Waals surface area contributed by atoms with Crippen molar-refractivity contribution in [2.24, 2.45) is 5.92 Å². The van der Waals surface area contributed by atoms with Crippen molar-refractivity contribution in [3.05, 3.63) is 60.9 Å². The van der Waals surface area contributed by atoms with Crippen LogP contribution in [0.25, 0.3) is 11.3 Å². The molecule has 1 fully saturated rings. The summed E-state index contributed by atoms with van der Waals surface area (Å²) in [6.45, 7) is 1.21. The van der Waals surface area contributed by atoms with E-state index in [9.17, 15) is 4.79 Å². The fraction of sp³-hybridized carbons (Fsp3) is 0.227. The maximum absolute atomic E-state index is 12.6. The van der Waals surface area contributed by atoms with Gasteiger partial charge in [-0.05, 0) is 12.1 Å². The second-order valence-corrected chi connectivity index (χ2v) is 6.78. The summed E-state index contributed by atoms with van der Waals surface area (Å²) in [6, 6.07) is 17.2. The molecule has 29 heavy (non-hydrogen) atoms. The highest BCUT2D eigenvalue weighted by Crippen LogP contribution is 2.31. The van der Waals surface area contributed by atoms with Gasteiger partial charge in [0.05, 0.1) is 31.5 Å². The Morgan fingerprint density at radius 1 is 1.03 bits per heavy atom. The molecule has 1 amide bonds. The molecule has 4 rings (SSSR count). The van der Waals surface area contributed by atoms with Crippen LogP contribution in [-0.2, 0) is 4.79 Å². The molecule has 0 unspecified atom stereocenters. The summed E-state index contributed by atoms with van der Waals surface area (Å²) in [5.74, 6) is 1.91. The van der Waals surface area contributed by atoms with Gasteiger partial charge >= 0.3 is 0 Å². The van der Waals surface area contributed by atoms with E-state index in [1.165, 1.54) is 0 Å². The highest BCUT2D eigenvalue weighted by Gasteiger charge is 2.34. The maximum atomic E-state index is 12.6. The Morgan fingerprint density at radius 3 is 2.55 bits per heavy atom. The fourth-order valence-corrected chi connectivity index (χ4v) is 3.25. The van der Waals surface area contributed by atoms with Crippen LogP contribution < -0.4 is 19.7 Å². The van der Waals surface area contributed by atoms with Gasteiger partial charge in [0.25, 0.3) is 0 Å². The largest absolute Gasteiger partial charge is 0.497 e. The third-order valence-electron chi connectivity index (χ3n) is 4.97. The molecule has 1 saturated heterocycles. The van der Waals surface area contributed by atoms with E-state index < -0.39 is 0 Å². The second kappa shape index (κ2) is 8.18. The van der Waals surface area contributed by atoms with Gasteiger partial charge in [-0.3, -0.25) is 4.79 Å². The topological polar surface area (TPSA) is 76.6 Å². The SMILES string of the molecule is COc1ccc(NC(=O)C2CN(c3cc(-c4ccccc4)ncn3)C2)c(OC)c1. The Bertz CT molecular complexity index is 1000. The standard InChI is InChI=1S/C22H22N4O3/c1-28-17-8-9-18(20(10-17)29-2)25-22(27)16-12-26(13-16)21-11-19(23-14-24-21)15-6-4-3-5-7-15/h3-11,14,16H,12-13H2,1-2H3,(H,25,27). The number of nitrogens with zero attached hydrogens (tertiary/aromatic N) is 3. The first kappa shape index (κ1) is 18.7. The zero-order chi connectivity index (χ0) is 20.2. The number of hydrogen-bond donors (Lipinski definition) is 1. The van der Waals surface area contributed by atoms with E-state index in [1.54, 1.807) is 38.7 Å². The molecule has 1 N–H and O–H groups in total. The number of ether oxygens (including phenoxy) is 2. The van der Waals surface area contributed by atoms with Gasteiger partial charge in [-0.25, -0.2) is 9.97 Å². The number of carbonyl (C=O) groups excluding carboxylic acids is 1. The highest BCUT2D eigenvalue weighted by molar-refractivity contribution is 5.95. The Labute approximate surface area is 169 Å². The molecular formula is C22H22N4O3. The van der Waals surface area contributed by atoms with E-state index in [1.807, 2.05) is 36.4 Å². The number of rotatable bonds is 6. The minimum absolute atomic E-state index is 0.0398. The molecule has 0 atom stereocenters. The highest BCUT2D eigenvalue weighted by atomic mass is 16.5. The van der Waals surface area contributed by atoms with Gasteiger partial charge in [0, 0.05) is 30.8 Å². The summed E-state index contributed by atoms with van der Waals surface area (Å²) in [6.07, 6.45) is 1.56. The van der Waals surface area contributed by atoms with Crippen molar-refractivity contribution in [1.82, 2.24) is 9.97 Å². The molecule has 0 aliphatic carbocycles. The van der Waals surface area contributed by atoms with E-state index in [0.29, 0.717) is 30.3 Å². The van der Waals surface area contributed by atoms with Crippen molar-refractivity contribution in [1.29, 1.82) is 0 Å². The smallest absolute Gasteiger partial charge is 0.231 e. The van der Waals surface area contributed by atoms with Crippen LogP contribution in [0, 0.1) is 5.92 Å². The van der Waals surface area contributed by atoms with Crippen molar-refractivity contribution in [2.45, 2.75) is 0 Å². The number of hydrogen-bond acceptors (Lipinski definition) is 6. The third-order valence-corrected chi connectivity index (χ3v) is 4.97. The molecule has 0 saturated carbocycles. The van der Waals surface area contributed by atoms with E-state index in [-0.39, 0.29) is 11.8 Å². The predicted octanol–water partition coefficient (Wildman–Crippen LogP) is 3.24. The minimum Gasteiger partial charge on any atom is -0.497 e. The van der Waals surface area contributed by atoms with Crippen LogP contribution in [0.5, 0.6) is 11.5 Å². The molecule has 1 aromatic heterocycles. The quantitative estimate of drug-likeness (QED) is 0.696. The molecule has 0 spiro atoms. The van der Waals surface area contributed by atoms with Crippen molar-refractivity contribution in [3.63, 3.8) is 0 Å². The first-order valence-electron chi connectivity index (χ1n) is 9.33. The maximum Gasteiger partial charge on any atom is 0.231 e. The molecule has 2 heterocycles. The molecule has 2 aromatic carbocycles. The van der Waals surface area contributed by atoms with Crippen LogP contribution in [0.3, 0.4) is 0 Å². The zero-order valence-electron chi connectivity index (χ0n) is 16.3. The van der Waals surface area contributed by atoms with Crippen molar-refractivity contribution in [3.8, 4) is 22.8 Å². The number of aromatic nitrogens is 2. The first-order valence-corrected chi connectivity index (χ1v) is 9.33.